The quantitative estimate of drug-likeness (QED) is 0.641. The number of aromatic nitrogens is 1. The van der Waals surface area contributed by atoms with Gasteiger partial charge in [0.15, 0.2) is 0 Å². The average Bonchev–Trinajstić information content (AvgIpc) is 2.52. The highest BCUT2D eigenvalue weighted by Crippen LogP contribution is 2.23. The van der Waals surface area contributed by atoms with Crippen LogP contribution < -0.4 is 0 Å². The Morgan fingerprint density at radius 2 is 2.00 bits per heavy atom. The SMILES string of the molecule is Cc1ccc(-c2c[c]cn2C)c(C)c1. The molecule has 1 heteroatoms. The molecular formula is C13H14N. The van der Waals surface area contributed by atoms with Crippen molar-refractivity contribution in [3.05, 3.63) is 47.7 Å². The summed E-state index contributed by atoms with van der Waals surface area (Å²) in [6, 6.07) is 11.7. The molecule has 0 atom stereocenters. The summed E-state index contributed by atoms with van der Waals surface area (Å²) < 4.78 is 2.09. The molecule has 71 valence electrons. The second kappa shape index (κ2) is 3.33. The van der Waals surface area contributed by atoms with Gasteiger partial charge in [-0.25, -0.2) is 0 Å². The number of benzene rings is 1. The highest BCUT2D eigenvalue weighted by Gasteiger charge is 2.04. The van der Waals surface area contributed by atoms with Crippen LogP contribution in [0.1, 0.15) is 11.1 Å². The van der Waals surface area contributed by atoms with Crippen LogP contribution in [0, 0.1) is 19.9 Å². The number of aryl methyl sites for hydroxylation is 3. The van der Waals surface area contributed by atoms with Crippen molar-refractivity contribution in [3.8, 4) is 11.3 Å². The molecule has 0 spiro atoms. The number of rotatable bonds is 1. The minimum Gasteiger partial charge on any atom is -0.350 e. The highest BCUT2D eigenvalue weighted by atomic mass is 14.9. The van der Waals surface area contributed by atoms with Gasteiger partial charge >= 0.3 is 0 Å². The van der Waals surface area contributed by atoms with Gasteiger partial charge in [0.25, 0.3) is 0 Å². The lowest BCUT2D eigenvalue weighted by Gasteiger charge is -2.07. The van der Waals surface area contributed by atoms with Crippen molar-refractivity contribution in [2.45, 2.75) is 13.8 Å². The Labute approximate surface area is 85.0 Å². The van der Waals surface area contributed by atoms with E-state index in [1.54, 1.807) is 0 Å². The second-order valence-electron chi connectivity index (χ2n) is 3.75. The summed E-state index contributed by atoms with van der Waals surface area (Å²) in [4.78, 5) is 0. The van der Waals surface area contributed by atoms with E-state index in [4.69, 9.17) is 0 Å². The highest BCUT2D eigenvalue weighted by molar-refractivity contribution is 5.64. The van der Waals surface area contributed by atoms with Crippen molar-refractivity contribution in [3.63, 3.8) is 0 Å². The van der Waals surface area contributed by atoms with E-state index in [1.165, 1.54) is 22.4 Å². The van der Waals surface area contributed by atoms with Crippen LogP contribution in [0.4, 0.5) is 0 Å². The molecule has 0 aliphatic carbocycles. The van der Waals surface area contributed by atoms with Gasteiger partial charge < -0.3 is 4.57 Å². The molecule has 14 heavy (non-hydrogen) atoms. The molecule has 1 aromatic heterocycles. The molecule has 0 fully saturated rings. The van der Waals surface area contributed by atoms with Gasteiger partial charge in [0, 0.05) is 30.6 Å². The van der Waals surface area contributed by atoms with Crippen LogP contribution in [0.2, 0.25) is 0 Å². The third-order valence-corrected chi connectivity index (χ3v) is 2.53. The maximum Gasteiger partial charge on any atom is 0.0486 e. The summed E-state index contributed by atoms with van der Waals surface area (Å²) >= 11 is 0. The Kier molecular flexibility index (Phi) is 2.16. The molecule has 0 unspecified atom stereocenters. The van der Waals surface area contributed by atoms with E-state index >= 15 is 0 Å². The van der Waals surface area contributed by atoms with Crippen LogP contribution in [0.3, 0.4) is 0 Å². The topological polar surface area (TPSA) is 4.93 Å². The summed E-state index contributed by atoms with van der Waals surface area (Å²) in [5.41, 5.74) is 5.14. The van der Waals surface area contributed by atoms with Crippen molar-refractivity contribution in [2.75, 3.05) is 0 Å². The van der Waals surface area contributed by atoms with Crippen LogP contribution in [0.25, 0.3) is 11.3 Å². The smallest absolute Gasteiger partial charge is 0.0486 e. The van der Waals surface area contributed by atoms with Crippen LogP contribution in [-0.2, 0) is 7.05 Å². The van der Waals surface area contributed by atoms with Crippen LogP contribution in [-0.4, -0.2) is 4.57 Å². The molecule has 2 rings (SSSR count). The van der Waals surface area contributed by atoms with Crippen molar-refractivity contribution < 1.29 is 0 Å². The lowest BCUT2D eigenvalue weighted by molar-refractivity contribution is 0.935. The molecule has 1 nitrogen and oxygen atoms in total. The molecule has 1 heterocycles. The van der Waals surface area contributed by atoms with E-state index in [0.717, 1.165) is 0 Å². The second-order valence-corrected chi connectivity index (χ2v) is 3.75. The first-order valence-electron chi connectivity index (χ1n) is 4.78. The third-order valence-electron chi connectivity index (χ3n) is 2.53. The fraction of sp³-hybridized carbons (Fsp3) is 0.231. The fourth-order valence-corrected chi connectivity index (χ4v) is 1.77. The summed E-state index contributed by atoms with van der Waals surface area (Å²) in [5.74, 6) is 0. The molecule has 2 aromatic rings. The van der Waals surface area contributed by atoms with Gasteiger partial charge in [-0.05, 0) is 25.5 Å². The predicted molar refractivity (Wildman–Crippen MR) is 59.2 cm³/mol. The van der Waals surface area contributed by atoms with Crippen LogP contribution >= 0.6 is 0 Å². The van der Waals surface area contributed by atoms with Gasteiger partial charge in [-0.2, -0.15) is 0 Å². The first-order chi connectivity index (χ1) is 6.68. The van der Waals surface area contributed by atoms with E-state index in [-0.39, 0.29) is 0 Å². The minimum atomic E-state index is 1.22. The van der Waals surface area contributed by atoms with Crippen molar-refractivity contribution in [2.24, 2.45) is 7.05 Å². The maximum atomic E-state index is 3.10. The molecule has 0 amide bonds. The van der Waals surface area contributed by atoms with Crippen molar-refractivity contribution >= 4 is 0 Å². The molecule has 0 aliphatic rings. The lowest BCUT2D eigenvalue weighted by Crippen LogP contribution is -1.91. The Morgan fingerprint density at radius 3 is 2.57 bits per heavy atom. The Bertz CT molecular complexity index is 452. The molecule has 0 bridgehead atoms. The normalized spacial score (nSPS) is 10.5. The number of hydrogen-bond acceptors (Lipinski definition) is 0. The van der Waals surface area contributed by atoms with E-state index < -0.39 is 0 Å². The molecule has 0 N–H and O–H groups in total. The fourth-order valence-electron chi connectivity index (χ4n) is 1.77. The van der Waals surface area contributed by atoms with E-state index in [9.17, 15) is 0 Å². The third kappa shape index (κ3) is 1.46. The monoisotopic (exact) mass is 184 g/mol. The van der Waals surface area contributed by atoms with E-state index in [2.05, 4.69) is 42.7 Å². The van der Waals surface area contributed by atoms with Gasteiger partial charge in [-0.3, -0.25) is 0 Å². The largest absolute Gasteiger partial charge is 0.350 e. The van der Waals surface area contributed by atoms with E-state index in [1.807, 2.05) is 19.3 Å². The Balaban J connectivity index is 2.58. The molecule has 1 aromatic carbocycles. The van der Waals surface area contributed by atoms with Gasteiger partial charge in [-0.15, -0.1) is 0 Å². The van der Waals surface area contributed by atoms with Gasteiger partial charge in [0.1, 0.15) is 0 Å². The Morgan fingerprint density at radius 1 is 1.21 bits per heavy atom. The van der Waals surface area contributed by atoms with Crippen molar-refractivity contribution in [1.29, 1.82) is 0 Å². The van der Waals surface area contributed by atoms with Crippen LogP contribution in [0.15, 0.2) is 30.5 Å². The number of nitrogens with zero attached hydrogens (tertiary/aromatic N) is 1. The van der Waals surface area contributed by atoms with Crippen molar-refractivity contribution in [1.82, 2.24) is 4.57 Å². The van der Waals surface area contributed by atoms with Gasteiger partial charge in [0.05, 0.1) is 0 Å². The first-order valence-corrected chi connectivity index (χ1v) is 4.78. The summed E-state index contributed by atoms with van der Waals surface area (Å²) in [6.07, 6.45) is 1.95. The zero-order valence-corrected chi connectivity index (χ0v) is 8.83. The van der Waals surface area contributed by atoms with Gasteiger partial charge in [-0.1, -0.05) is 23.8 Å². The zero-order chi connectivity index (χ0) is 10.1. The van der Waals surface area contributed by atoms with E-state index in [0.29, 0.717) is 0 Å². The number of hydrogen-bond donors (Lipinski definition) is 0. The predicted octanol–water partition coefficient (Wildman–Crippen LogP) is 3.11. The summed E-state index contributed by atoms with van der Waals surface area (Å²) in [6.45, 7) is 4.27. The Hall–Kier alpha value is -1.50. The molecule has 0 saturated heterocycles. The molecular weight excluding hydrogens is 170 g/mol. The summed E-state index contributed by atoms with van der Waals surface area (Å²) in [7, 11) is 2.05. The molecule has 1 radical (unpaired) electrons. The summed E-state index contributed by atoms with van der Waals surface area (Å²) in [5, 5.41) is 0. The minimum absolute atomic E-state index is 1.22. The molecule has 0 aliphatic heterocycles. The average molecular weight is 184 g/mol. The van der Waals surface area contributed by atoms with Crippen LogP contribution in [0.5, 0.6) is 0 Å². The molecule has 0 saturated carbocycles. The zero-order valence-electron chi connectivity index (χ0n) is 8.83. The first kappa shape index (κ1) is 9.07. The lowest BCUT2D eigenvalue weighted by atomic mass is 10.0. The van der Waals surface area contributed by atoms with Gasteiger partial charge in [0.2, 0.25) is 0 Å². The maximum absolute atomic E-state index is 3.10. The standard InChI is InChI=1S/C13H14N/c1-10-6-7-12(11(2)9-10)13-5-4-8-14(13)3/h5-9H,1-3H3.